The molecule has 10 heteroatoms. The molecule has 2 aliphatic rings. The minimum Gasteiger partial charge on any atom is -0.338 e. The Balaban J connectivity index is 1.12. The molecule has 0 atom stereocenters. The number of nitrogens with zero attached hydrogens (tertiary/aromatic N) is 8. The highest BCUT2D eigenvalue weighted by Gasteiger charge is 2.24. The lowest BCUT2D eigenvalue weighted by Gasteiger charge is -2.32. The first kappa shape index (κ1) is 16.2. The number of nitrogens with one attached hydrogen (secondary N) is 2. The quantitative estimate of drug-likeness (QED) is 0.796. The zero-order chi connectivity index (χ0) is 16.9. The first-order chi connectivity index (χ1) is 12.4. The maximum atomic E-state index is 4.07. The van der Waals surface area contributed by atoms with E-state index in [4.69, 9.17) is 0 Å². The normalized spacial score (nSPS) is 20.3. The smallest absolute Gasteiger partial charge is 0.265 e. The maximum absolute atomic E-state index is 4.07. The third-order valence-corrected chi connectivity index (χ3v) is 5.69. The molecule has 136 valence electrons. The third kappa shape index (κ3) is 4.05. The highest BCUT2D eigenvalue weighted by atomic mass is 15.5. The van der Waals surface area contributed by atoms with Gasteiger partial charge in [-0.3, -0.25) is 0 Å². The fourth-order valence-electron chi connectivity index (χ4n) is 4.12. The van der Waals surface area contributed by atoms with E-state index in [9.17, 15) is 0 Å². The Morgan fingerprint density at radius 2 is 1.16 bits per heavy atom. The van der Waals surface area contributed by atoms with Gasteiger partial charge in [-0.05, 0) is 47.9 Å². The lowest BCUT2D eigenvalue weighted by Crippen LogP contribution is -2.35. The number of piperidine rings is 2. The van der Waals surface area contributed by atoms with E-state index < -0.39 is 0 Å². The Morgan fingerprint density at radius 1 is 0.720 bits per heavy atom. The van der Waals surface area contributed by atoms with E-state index in [0.717, 1.165) is 49.9 Å². The van der Waals surface area contributed by atoms with Crippen molar-refractivity contribution in [3.63, 3.8) is 0 Å². The van der Waals surface area contributed by atoms with Crippen molar-refractivity contribution >= 4 is 11.9 Å². The molecular weight excluding hydrogens is 320 g/mol. The minimum atomic E-state index is 0.742. The van der Waals surface area contributed by atoms with Crippen LogP contribution in [-0.2, 0) is 0 Å². The van der Waals surface area contributed by atoms with Crippen molar-refractivity contribution < 1.29 is 0 Å². The molecule has 0 saturated carbocycles. The number of hydrogen-bond acceptors (Lipinski definition) is 8. The summed E-state index contributed by atoms with van der Waals surface area (Å²) in [4.78, 5) is 4.46. The Hall–Kier alpha value is -2.26. The predicted molar refractivity (Wildman–Crippen MR) is 92.1 cm³/mol. The number of aromatic amines is 2. The van der Waals surface area contributed by atoms with Gasteiger partial charge in [0.15, 0.2) is 0 Å². The molecule has 2 aromatic rings. The van der Waals surface area contributed by atoms with Crippen LogP contribution in [-0.4, -0.2) is 67.4 Å². The summed E-state index contributed by atoms with van der Waals surface area (Å²) in [6, 6.07) is 0. The summed E-state index contributed by atoms with van der Waals surface area (Å²) < 4.78 is 0. The van der Waals surface area contributed by atoms with Gasteiger partial charge in [0.2, 0.25) is 0 Å². The minimum absolute atomic E-state index is 0.742. The number of hydrogen-bond donors (Lipinski definition) is 2. The van der Waals surface area contributed by atoms with Crippen LogP contribution in [0.2, 0.25) is 0 Å². The summed E-state index contributed by atoms with van der Waals surface area (Å²) in [7, 11) is 0. The second-order valence-electron chi connectivity index (χ2n) is 7.22. The summed E-state index contributed by atoms with van der Waals surface area (Å²) >= 11 is 0. The predicted octanol–water partition coefficient (Wildman–Crippen LogP) is 1.02. The Labute approximate surface area is 146 Å². The van der Waals surface area contributed by atoms with Crippen LogP contribution < -0.4 is 9.80 Å². The van der Waals surface area contributed by atoms with Gasteiger partial charge in [0.25, 0.3) is 11.9 Å². The molecule has 0 aliphatic carbocycles. The number of H-pyrrole nitrogens is 2. The average Bonchev–Trinajstić information content (AvgIpc) is 3.37. The highest BCUT2D eigenvalue weighted by Crippen LogP contribution is 2.28. The number of aromatic nitrogens is 8. The molecule has 2 N–H and O–H groups in total. The zero-order valence-electron chi connectivity index (χ0n) is 14.5. The topological polar surface area (TPSA) is 115 Å². The van der Waals surface area contributed by atoms with Gasteiger partial charge in [-0.25, -0.2) is 0 Å². The maximum Gasteiger partial charge on any atom is 0.265 e. The van der Waals surface area contributed by atoms with Crippen molar-refractivity contribution in [1.29, 1.82) is 0 Å². The van der Waals surface area contributed by atoms with E-state index in [-0.39, 0.29) is 0 Å². The summed E-state index contributed by atoms with van der Waals surface area (Å²) in [6.45, 7) is 4.20. The second kappa shape index (κ2) is 7.75. The van der Waals surface area contributed by atoms with E-state index in [0.29, 0.717) is 0 Å². The molecule has 0 bridgehead atoms. The molecule has 0 aromatic carbocycles. The highest BCUT2D eigenvalue weighted by molar-refractivity contribution is 5.27. The van der Waals surface area contributed by atoms with E-state index >= 15 is 0 Å². The number of anilines is 2. The Kier molecular flexibility index (Phi) is 5.03. The van der Waals surface area contributed by atoms with Gasteiger partial charge in [-0.15, -0.1) is 10.2 Å². The summed E-state index contributed by atoms with van der Waals surface area (Å²) in [5.41, 5.74) is 0. The molecular formula is C15H26N10. The third-order valence-electron chi connectivity index (χ3n) is 5.69. The molecule has 0 amide bonds. The first-order valence-corrected chi connectivity index (χ1v) is 9.35. The van der Waals surface area contributed by atoms with Crippen LogP contribution in [0.3, 0.4) is 0 Å². The van der Waals surface area contributed by atoms with Crippen molar-refractivity contribution in [3.8, 4) is 0 Å². The van der Waals surface area contributed by atoms with Crippen molar-refractivity contribution in [2.24, 2.45) is 11.8 Å². The molecule has 10 nitrogen and oxygen atoms in total. The molecule has 2 aromatic heterocycles. The molecule has 2 saturated heterocycles. The molecule has 0 spiro atoms. The van der Waals surface area contributed by atoms with E-state index in [2.05, 4.69) is 51.0 Å². The van der Waals surface area contributed by atoms with Gasteiger partial charge in [-0.2, -0.15) is 10.4 Å². The largest absolute Gasteiger partial charge is 0.338 e. The SMILES string of the molecule is C(CC1CCN(c2nn[nH]n2)CC1)CC1CCN(c2nn[nH]n2)CC1. The van der Waals surface area contributed by atoms with Crippen LogP contribution in [0.25, 0.3) is 0 Å². The van der Waals surface area contributed by atoms with Crippen molar-refractivity contribution in [2.75, 3.05) is 36.0 Å². The Bertz CT molecular complexity index is 542. The van der Waals surface area contributed by atoms with Crippen molar-refractivity contribution in [3.05, 3.63) is 0 Å². The van der Waals surface area contributed by atoms with Crippen molar-refractivity contribution in [2.45, 2.75) is 44.9 Å². The van der Waals surface area contributed by atoms with Crippen LogP contribution >= 0.6 is 0 Å². The molecule has 0 radical (unpaired) electrons. The fourth-order valence-corrected chi connectivity index (χ4v) is 4.12. The standard InChI is InChI=1S/C15H26N10/c1(2-12-4-8-24(9-5-12)14-16-20-21-17-14)3-13-6-10-25(11-7-13)15-18-22-23-19-15/h12-13H,1-11H2,(H,16,17,20,21)(H,18,19,22,23). The lowest BCUT2D eigenvalue weighted by molar-refractivity contribution is 0.323. The number of tetrazole rings is 2. The van der Waals surface area contributed by atoms with Crippen LogP contribution in [0.1, 0.15) is 44.9 Å². The molecule has 4 rings (SSSR count). The van der Waals surface area contributed by atoms with E-state index in [1.54, 1.807) is 0 Å². The van der Waals surface area contributed by atoms with Crippen LogP contribution in [0.4, 0.5) is 11.9 Å². The summed E-state index contributed by atoms with van der Waals surface area (Å²) in [5, 5.41) is 28.6. The van der Waals surface area contributed by atoms with Gasteiger partial charge in [0.1, 0.15) is 0 Å². The zero-order valence-corrected chi connectivity index (χ0v) is 14.5. The van der Waals surface area contributed by atoms with Crippen LogP contribution in [0.5, 0.6) is 0 Å². The lowest BCUT2D eigenvalue weighted by atomic mass is 9.87. The first-order valence-electron chi connectivity index (χ1n) is 9.35. The van der Waals surface area contributed by atoms with Crippen LogP contribution in [0, 0.1) is 11.8 Å². The van der Waals surface area contributed by atoms with Gasteiger partial charge < -0.3 is 9.80 Å². The molecule has 2 fully saturated rings. The average molecular weight is 346 g/mol. The molecule has 25 heavy (non-hydrogen) atoms. The Morgan fingerprint density at radius 3 is 1.52 bits per heavy atom. The van der Waals surface area contributed by atoms with Gasteiger partial charge in [0, 0.05) is 26.2 Å². The van der Waals surface area contributed by atoms with E-state index in [1.165, 1.54) is 44.9 Å². The number of rotatable bonds is 6. The fraction of sp³-hybridized carbons (Fsp3) is 0.867. The molecule has 4 heterocycles. The van der Waals surface area contributed by atoms with Crippen molar-refractivity contribution in [1.82, 2.24) is 41.2 Å². The molecule has 2 aliphatic heterocycles. The van der Waals surface area contributed by atoms with Gasteiger partial charge in [-0.1, -0.05) is 29.5 Å². The summed E-state index contributed by atoms with van der Waals surface area (Å²) in [6.07, 6.45) is 9.02. The van der Waals surface area contributed by atoms with Gasteiger partial charge >= 0.3 is 0 Å². The monoisotopic (exact) mass is 346 g/mol. The second-order valence-corrected chi connectivity index (χ2v) is 7.22. The summed E-state index contributed by atoms with van der Waals surface area (Å²) in [5.74, 6) is 3.18. The van der Waals surface area contributed by atoms with E-state index in [1.807, 2.05) is 0 Å². The van der Waals surface area contributed by atoms with Crippen LogP contribution in [0.15, 0.2) is 0 Å². The van der Waals surface area contributed by atoms with Gasteiger partial charge in [0.05, 0.1) is 0 Å². The molecule has 0 unspecified atom stereocenters.